The summed E-state index contributed by atoms with van der Waals surface area (Å²) in [5.41, 5.74) is 0.787. The molecule has 1 aromatic carbocycles. The highest BCUT2D eigenvalue weighted by Crippen LogP contribution is 2.55. The third-order valence-electron chi connectivity index (χ3n) is 7.93. The minimum atomic E-state index is -4.98. The lowest BCUT2D eigenvalue weighted by Crippen LogP contribution is -2.55. The van der Waals surface area contributed by atoms with Crippen LogP contribution in [0.15, 0.2) is 46.5 Å². The number of aliphatic imine (C=N–C) groups is 1. The van der Waals surface area contributed by atoms with Crippen LogP contribution < -0.4 is 5.32 Å². The Hall–Kier alpha value is -2.46. The van der Waals surface area contributed by atoms with Gasteiger partial charge in [0.1, 0.15) is 5.84 Å². The van der Waals surface area contributed by atoms with E-state index in [4.69, 9.17) is 0 Å². The van der Waals surface area contributed by atoms with E-state index < -0.39 is 32.0 Å². The number of nitrogens with one attached hydrogen (secondary N) is 1. The predicted octanol–water partition coefficient (Wildman–Crippen LogP) is 4.97. The lowest BCUT2D eigenvalue weighted by molar-refractivity contribution is -0.341. The number of alkyl halides is 3. The van der Waals surface area contributed by atoms with Gasteiger partial charge in [0, 0.05) is 10.6 Å². The Bertz CT molecular complexity index is 1090. The van der Waals surface area contributed by atoms with Crippen LogP contribution in [0.4, 0.5) is 13.2 Å². The van der Waals surface area contributed by atoms with E-state index in [1.807, 2.05) is 0 Å². The minimum Gasteiger partial charge on any atom is -0.327 e. The molecule has 1 saturated carbocycles. The normalized spacial score (nSPS) is 21.8. The number of hydrogen-bond acceptors (Lipinski definition) is 4. The average molecular weight is 508 g/mol. The van der Waals surface area contributed by atoms with Crippen LogP contribution in [0.5, 0.6) is 0 Å². The second-order valence-electron chi connectivity index (χ2n) is 11.1. The van der Waals surface area contributed by atoms with Crippen molar-refractivity contribution in [1.82, 2.24) is 10.2 Å². The topological polar surface area (TPSA) is 71.0 Å². The smallest absolute Gasteiger partial charge is 0.327 e. The van der Waals surface area contributed by atoms with Crippen molar-refractivity contribution in [2.75, 3.05) is 13.1 Å². The second-order valence-corrected chi connectivity index (χ2v) is 16.6. The lowest BCUT2D eigenvalue weighted by Gasteiger charge is -2.49. The van der Waals surface area contributed by atoms with Crippen molar-refractivity contribution < 1.29 is 27.5 Å². The first-order chi connectivity index (χ1) is 16.2. The molecule has 2 heterocycles. The molecule has 4 rings (SSSR count). The van der Waals surface area contributed by atoms with E-state index in [1.165, 1.54) is 17.0 Å². The lowest BCUT2D eigenvalue weighted by atomic mass is 9.83. The van der Waals surface area contributed by atoms with Gasteiger partial charge in [-0.15, -0.1) is 13.2 Å². The van der Waals surface area contributed by atoms with Crippen LogP contribution >= 0.6 is 0 Å². The zero-order chi connectivity index (χ0) is 25.8. The summed E-state index contributed by atoms with van der Waals surface area (Å²) in [6.07, 6.45) is -4.07. The molecule has 0 spiro atoms. The van der Waals surface area contributed by atoms with Gasteiger partial charge in [-0.3, -0.25) is 19.3 Å². The number of amides is 2. The highest BCUT2D eigenvalue weighted by Gasteiger charge is 2.55. The van der Waals surface area contributed by atoms with Gasteiger partial charge in [0.05, 0.1) is 26.7 Å². The van der Waals surface area contributed by atoms with Crippen LogP contribution in [0.1, 0.15) is 44.8 Å². The predicted molar refractivity (Wildman–Crippen MR) is 129 cm³/mol. The third-order valence-corrected chi connectivity index (χ3v) is 11.5. The van der Waals surface area contributed by atoms with Crippen molar-refractivity contribution in [1.29, 1.82) is 0 Å². The molecule has 1 N–H and O–H groups in total. The maximum atomic E-state index is 13.5. The first-order valence-electron chi connectivity index (χ1n) is 11.9. The number of carbonyl (C=O) groups excluding carboxylic acids is 2. The average Bonchev–Trinajstić information content (AvgIpc) is 3.22. The van der Waals surface area contributed by atoms with Gasteiger partial charge < -0.3 is 10.2 Å². The molecule has 1 atom stereocenters. The molecule has 1 aliphatic carbocycles. The largest absolute Gasteiger partial charge is 0.523 e. The fraction of sp³-hybridized carbons (Fsp3) is 0.560. The molecule has 1 fully saturated rings. The Kier molecular flexibility index (Phi) is 6.28. The van der Waals surface area contributed by atoms with Crippen LogP contribution in [0.3, 0.4) is 0 Å². The van der Waals surface area contributed by atoms with Crippen molar-refractivity contribution >= 4 is 25.7 Å². The second kappa shape index (κ2) is 8.58. The molecule has 0 unspecified atom stereocenters. The molecule has 1 aromatic rings. The van der Waals surface area contributed by atoms with Crippen molar-refractivity contribution in [2.45, 2.75) is 75.8 Å². The van der Waals surface area contributed by atoms with Gasteiger partial charge in [0.15, 0.2) is 6.10 Å². The number of rotatable bonds is 5. The zero-order valence-electron chi connectivity index (χ0n) is 20.8. The van der Waals surface area contributed by atoms with Gasteiger partial charge in [-0.25, -0.2) is 0 Å². The number of benzene rings is 1. The summed E-state index contributed by atoms with van der Waals surface area (Å²) in [5.74, 6) is -0.373. The van der Waals surface area contributed by atoms with E-state index in [0.717, 1.165) is 24.8 Å². The van der Waals surface area contributed by atoms with Crippen molar-refractivity contribution in [3.63, 3.8) is 0 Å². The van der Waals surface area contributed by atoms with Crippen LogP contribution in [0.2, 0.25) is 24.7 Å². The zero-order valence-corrected chi connectivity index (χ0v) is 21.8. The molecule has 6 nitrogen and oxygen atoms in total. The van der Waals surface area contributed by atoms with Crippen molar-refractivity contribution in [3.8, 4) is 0 Å². The summed E-state index contributed by atoms with van der Waals surface area (Å²) < 4.78 is 44.0. The van der Waals surface area contributed by atoms with E-state index in [0.29, 0.717) is 11.4 Å². The molecule has 10 heteroatoms. The van der Waals surface area contributed by atoms with E-state index in [9.17, 15) is 22.8 Å². The van der Waals surface area contributed by atoms with Gasteiger partial charge in [-0.2, -0.15) is 0 Å². The van der Waals surface area contributed by atoms with E-state index >= 15 is 0 Å². The van der Waals surface area contributed by atoms with E-state index in [1.54, 1.807) is 32.0 Å². The molecule has 190 valence electrons. The summed E-state index contributed by atoms with van der Waals surface area (Å²) in [6, 6.07) is 7.69. The summed E-state index contributed by atoms with van der Waals surface area (Å²) in [5, 5.41) is 2.69. The van der Waals surface area contributed by atoms with Gasteiger partial charge >= 0.3 is 6.36 Å². The number of carbonyl (C=O) groups is 2. The number of hydrogen-bond donors (Lipinski definition) is 1. The molecule has 0 radical (unpaired) electrons. The quantitative estimate of drug-likeness (QED) is 0.572. The van der Waals surface area contributed by atoms with Crippen LogP contribution in [0.25, 0.3) is 0 Å². The highest BCUT2D eigenvalue weighted by molar-refractivity contribution is 6.82. The third kappa shape index (κ3) is 4.46. The Balaban J connectivity index is 1.57. The number of amidine groups is 1. The Labute approximate surface area is 204 Å². The molecule has 35 heavy (non-hydrogen) atoms. The molecular formula is C25H32F3N3O3Si. The highest BCUT2D eigenvalue weighted by atomic mass is 28.3. The van der Waals surface area contributed by atoms with E-state index in [-0.39, 0.29) is 29.6 Å². The summed E-state index contributed by atoms with van der Waals surface area (Å²) in [6.45, 7) is 10.5. The maximum Gasteiger partial charge on any atom is 0.523 e. The monoisotopic (exact) mass is 507 g/mol. The van der Waals surface area contributed by atoms with Crippen molar-refractivity contribution in [2.24, 2.45) is 4.99 Å². The summed E-state index contributed by atoms with van der Waals surface area (Å²) >= 11 is 0. The molecule has 0 saturated heterocycles. The molecule has 2 amide bonds. The molecule has 3 aliphatic rings. The Morgan fingerprint density at radius 1 is 1.14 bits per heavy atom. The molecule has 0 bridgehead atoms. The molecule has 2 aliphatic heterocycles. The first-order valence-corrected chi connectivity index (χ1v) is 15.4. The van der Waals surface area contributed by atoms with Crippen molar-refractivity contribution in [3.05, 3.63) is 47.0 Å². The Morgan fingerprint density at radius 2 is 1.77 bits per heavy atom. The minimum absolute atomic E-state index is 0.0273. The standard InChI is InChI=1S/C25H32F3N3O3Si/c1-23(2)18-14-29-20(30-22(33)24(12-9-13-24)35(3,4)5)17(18)15-31(23)21(32)19(34-25(26,27)28)16-10-7-6-8-11-16/h6-8,10-11,19H,9,12-15H2,1-5H3,(H,29,30,33)/t19-/m1/s1. The fourth-order valence-electron chi connectivity index (χ4n) is 5.45. The van der Waals surface area contributed by atoms with Crippen LogP contribution in [0, 0.1) is 0 Å². The Morgan fingerprint density at radius 3 is 2.29 bits per heavy atom. The summed E-state index contributed by atoms with van der Waals surface area (Å²) in [7, 11) is -1.80. The number of halogens is 3. The van der Waals surface area contributed by atoms with Gasteiger partial charge in [0.2, 0.25) is 5.91 Å². The first kappa shape index (κ1) is 25.6. The van der Waals surface area contributed by atoms with Gasteiger partial charge in [-0.1, -0.05) is 56.4 Å². The molecular weight excluding hydrogens is 475 g/mol. The number of nitrogens with zero attached hydrogens (tertiary/aromatic N) is 2. The van der Waals surface area contributed by atoms with Crippen LogP contribution in [-0.2, 0) is 14.3 Å². The number of ether oxygens (including phenoxy) is 1. The fourth-order valence-corrected chi connectivity index (χ4v) is 8.05. The van der Waals surface area contributed by atoms with Gasteiger partial charge in [0.25, 0.3) is 5.91 Å². The maximum absolute atomic E-state index is 13.5. The summed E-state index contributed by atoms with van der Waals surface area (Å²) in [4.78, 5) is 32.8. The van der Waals surface area contributed by atoms with Crippen LogP contribution in [-0.4, -0.2) is 55.6 Å². The van der Waals surface area contributed by atoms with E-state index in [2.05, 4.69) is 34.7 Å². The molecule has 0 aromatic heterocycles. The van der Waals surface area contributed by atoms with Gasteiger partial charge in [-0.05, 0) is 37.8 Å². The SMILES string of the molecule is CC1(C)C2=C(CN1C(=O)[C@H](OC(F)(F)F)c1ccccc1)C(NC(=O)C1([Si](C)(C)C)CCC1)=NC2.